The number of aromatic nitrogens is 1. The summed E-state index contributed by atoms with van der Waals surface area (Å²) in [6.07, 6.45) is -2.96. The fourth-order valence-corrected chi connectivity index (χ4v) is 2.33. The van der Waals surface area contributed by atoms with E-state index in [4.69, 9.17) is 0 Å². The molecule has 0 aliphatic rings. The monoisotopic (exact) mass is 352 g/mol. The smallest absolute Gasteiger partial charge is 0.405 e. The first-order chi connectivity index (χ1) is 8.94. The molecule has 1 N–H and O–H groups in total. The van der Waals surface area contributed by atoms with Crippen molar-refractivity contribution in [3.8, 4) is 5.75 Å². The molecule has 8 heteroatoms. The number of anilines is 1. The van der Waals surface area contributed by atoms with E-state index in [1.807, 2.05) is 0 Å². The van der Waals surface area contributed by atoms with Gasteiger partial charge in [0.1, 0.15) is 5.75 Å². The Morgan fingerprint density at radius 3 is 2.74 bits per heavy atom. The molecule has 1 aromatic carbocycles. The van der Waals surface area contributed by atoms with E-state index in [-0.39, 0.29) is 10.2 Å². The zero-order valence-corrected chi connectivity index (χ0v) is 11.8. The predicted octanol–water partition coefficient (Wildman–Crippen LogP) is 4.42. The van der Waals surface area contributed by atoms with Crippen LogP contribution in [0.3, 0.4) is 0 Å². The van der Waals surface area contributed by atoms with Gasteiger partial charge in [-0.2, -0.15) is 0 Å². The van der Waals surface area contributed by atoms with Crippen molar-refractivity contribution in [3.05, 3.63) is 39.3 Å². The molecule has 0 atom stereocenters. The topological polar surface area (TPSA) is 34.1 Å². The van der Waals surface area contributed by atoms with Crippen LogP contribution in [0.5, 0.6) is 5.75 Å². The van der Waals surface area contributed by atoms with Crippen molar-refractivity contribution in [2.45, 2.75) is 12.9 Å². The summed E-state index contributed by atoms with van der Waals surface area (Å²) in [4.78, 5) is 4.96. The predicted molar refractivity (Wildman–Crippen MR) is 70.3 cm³/mol. The molecule has 0 aliphatic carbocycles. The van der Waals surface area contributed by atoms with Gasteiger partial charge >= 0.3 is 6.36 Å². The Hall–Kier alpha value is -1.28. The van der Waals surface area contributed by atoms with Crippen molar-refractivity contribution in [2.24, 2.45) is 0 Å². The summed E-state index contributed by atoms with van der Waals surface area (Å²) in [7, 11) is 0. The second-order valence-electron chi connectivity index (χ2n) is 3.51. The largest absolute Gasteiger partial charge is 0.573 e. The third-order valence-electron chi connectivity index (χ3n) is 2.11. The molecule has 0 saturated carbocycles. The first-order valence-electron chi connectivity index (χ1n) is 5.10. The molecule has 1 heterocycles. The summed E-state index contributed by atoms with van der Waals surface area (Å²) in [6, 6.07) is 4.31. The summed E-state index contributed by atoms with van der Waals surface area (Å²) >= 11 is 4.54. The Balaban J connectivity index is 2.02. The number of hydrogen-bond acceptors (Lipinski definition) is 4. The number of halogens is 4. The molecule has 0 amide bonds. The Kier molecular flexibility index (Phi) is 4.31. The minimum atomic E-state index is -4.69. The molecule has 0 fully saturated rings. The second-order valence-corrected chi connectivity index (χ2v) is 5.34. The van der Waals surface area contributed by atoms with Crippen molar-refractivity contribution in [1.82, 2.24) is 4.98 Å². The standard InChI is InChI=1S/C11H8BrF3N2OS/c12-9-3-7(17-5-8-4-16-6-19-8)1-2-10(9)18-11(13,14)15/h1-4,6,17H,5H2. The summed E-state index contributed by atoms with van der Waals surface area (Å²) < 4.78 is 40.4. The van der Waals surface area contributed by atoms with Gasteiger partial charge in [0.05, 0.1) is 16.5 Å². The van der Waals surface area contributed by atoms with Gasteiger partial charge in [0.25, 0.3) is 0 Å². The highest BCUT2D eigenvalue weighted by molar-refractivity contribution is 9.10. The van der Waals surface area contributed by atoms with E-state index in [2.05, 4.69) is 31.0 Å². The van der Waals surface area contributed by atoms with Crippen molar-refractivity contribution < 1.29 is 17.9 Å². The molecule has 0 unspecified atom stereocenters. The highest BCUT2D eigenvalue weighted by atomic mass is 79.9. The van der Waals surface area contributed by atoms with Gasteiger partial charge in [0.15, 0.2) is 0 Å². The Labute approximate surface area is 119 Å². The molecule has 2 rings (SSSR count). The van der Waals surface area contributed by atoms with E-state index in [0.717, 1.165) is 4.88 Å². The molecule has 3 nitrogen and oxygen atoms in total. The molecule has 19 heavy (non-hydrogen) atoms. The van der Waals surface area contributed by atoms with E-state index in [1.165, 1.54) is 29.5 Å². The number of alkyl halides is 3. The van der Waals surface area contributed by atoms with Crippen LogP contribution in [0.25, 0.3) is 0 Å². The zero-order chi connectivity index (χ0) is 13.9. The van der Waals surface area contributed by atoms with Crippen LogP contribution in [0.2, 0.25) is 0 Å². The maximum absolute atomic E-state index is 12.1. The third kappa shape index (κ3) is 4.39. The molecule has 0 aliphatic heterocycles. The maximum Gasteiger partial charge on any atom is 0.573 e. The van der Waals surface area contributed by atoms with Crippen LogP contribution in [-0.2, 0) is 6.54 Å². The van der Waals surface area contributed by atoms with Gasteiger partial charge in [-0.3, -0.25) is 4.98 Å². The van der Waals surface area contributed by atoms with Crippen molar-refractivity contribution in [3.63, 3.8) is 0 Å². The number of nitrogens with one attached hydrogen (secondary N) is 1. The molecular weight excluding hydrogens is 345 g/mol. The van der Waals surface area contributed by atoms with E-state index >= 15 is 0 Å². The number of rotatable bonds is 4. The fraction of sp³-hybridized carbons (Fsp3) is 0.182. The van der Waals surface area contributed by atoms with Gasteiger partial charge in [0, 0.05) is 16.8 Å². The number of thiazole rings is 1. The summed E-state index contributed by atoms with van der Waals surface area (Å²) in [5.41, 5.74) is 2.41. The van der Waals surface area contributed by atoms with E-state index in [0.29, 0.717) is 12.2 Å². The fourth-order valence-electron chi connectivity index (χ4n) is 1.34. The first kappa shape index (κ1) is 14.1. The number of ether oxygens (including phenoxy) is 1. The lowest BCUT2D eigenvalue weighted by molar-refractivity contribution is -0.274. The number of nitrogens with zero attached hydrogens (tertiary/aromatic N) is 1. The minimum Gasteiger partial charge on any atom is -0.405 e. The molecule has 102 valence electrons. The normalized spacial score (nSPS) is 11.4. The van der Waals surface area contributed by atoms with Crippen LogP contribution in [0.1, 0.15) is 4.88 Å². The average Bonchev–Trinajstić information content (AvgIpc) is 2.81. The summed E-state index contributed by atoms with van der Waals surface area (Å²) in [5, 5.41) is 3.08. The van der Waals surface area contributed by atoms with Crippen molar-refractivity contribution in [2.75, 3.05) is 5.32 Å². The van der Waals surface area contributed by atoms with Crippen LogP contribution < -0.4 is 10.1 Å². The van der Waals surface area contributed by atoms with Gasteiger partial charge in [-0.1, -0.05) is 0 Å². The Morgan fingerprint density at radius 1 is 1.37 bits per heavy atom. The molecule has 0 spiro atoms. The van der Waals surface area contributed by atoms with Gasteiger partial charge in [-0.15, -0.1) is 24.5 Å². The molecule has 2 aromatic rings. The van der Waals surface area contributed by atoms with Crippen molar-refractivity contribution in [1.29, 1.82) is 0 Å². The van der Waals surface area contributed by atoms with E-state index in [9.17, 15) is 13.2 Å². The molecular formula is C11H8BrF3N2OS. The molecule has 0 bridgehead atoms. The van der Waals surface area contributed by atoms with Crippen LogP contribution in [0, 0.1) is 0 Å². The second kappa shape index (κ2) is 5.79. The molecule has 0 radical (unpaired) electrons. The summed E-state index contributed by atoms with van der Waals surface area (Å²) in [6.45, 7) is 0.566. The van der Waals surface area contributed by atoms with Crippen LogP contribution in [0.4, 0.5) is 18.9 Å². The minimum absolute atomic E-state index is 0.235. The quantitative estimate of drug-likeness (QED) is 0.884. The van der Waals surface area contributed by atoms with Crippen molar-refractivity contribution >= 4 is 33.0 Å². The lowest BCUT2D eigenvalue weighted by atomic mass is 10.3. The van der Waals surface area contributed by atoms with Gasteiger partial charge in [-0.05, 0) is 34.1 Å². The molecule has 0 saturated heterocycles. The van der Waals surface area contributed by atoms with Gasteiger partial charge in [-0.25, -0.2) is 0 Å². The Morgan fingerprint density at radius 2 is 2.16 bits per heavy atom. The van der Waals surface area contributed by atoms with Crippen LogP contribution in [-0.4, -0.2) is 11.3 Å². The maximum atomic E-state index is 12.1. The third-order valence-corrected chi connectivity index (χ3v) is 3.51. The van der Waals surface area contributed by atoms with E-state index < -0.39 is 6.36 Å². The van der Waals surface area contributed by atoms with Crippen LogP contribution >= 0.6 is 27.3 Å². The lowest BCUT2D eigenvalue weighted by Gasteiger charge is -2.12. The SMILES string of the molecule is FC(F)(F)Oc1ccc(NCc2cncs2)cc1Br. The van der Waals surface area contributed by atoms with Crippen LogP contribution in [0.15, 0.2) is 34.4 Å². The Bertz CT molecular complexity index is 545. The highest BCUT2D eigenvalue weighted by Crippen LogP contribution is 2.32. The molecule has 1 aromatic heterocycles. The zero-order valence-electron chi connectivity index (χ0n) is 9.37. The summed E-state index contributed by atoms with van der Waals surface area (Å²) in [5.74, 6) is -0.268. The highest BCUT2D eigenvalue weighted by Gasteiger charge is 2.31. The van der Waals surface area contributed by atoms with Gasteiger partial charge < -0.3 is 10.1 Å². The number of benzene rings is 1. The average molecular weight is 353 g/mol. The van der Waals surface area contributed by atoms with E-state index in [1.54, 1.807) is 11.7 Å². The van der Waals surface area contributed by atoms with Gasteiger partial charge in [0.2, 0.25) is 0 Å². The first-order valence-corrected chi connectivity index (χ1v) is 6.78. The lowest BCUT2D eigenvalue weighted by Crippen LogP contribution is -2.17. The number of hydrogen-bond donors (Lipinski definition) is 1.